The van der Waals surface area contributed by atoms with E-state index < -0.39 is 0 Å². The van der Waals surface area contributed by atoms with Crippen molar-refractivity contribution in [2.24, 2.45) is 0 Å². The zero-order valence-electron chi connectivity index (χ0n) is 19.3. The third kappa shape index (κ3) is 2.15. The maximum atomic E-state index is 9.72. The van der Waals surface area contributed by atoms with Gasteiger partial charge in [0.25, 0.3) is 0 Å². The SMILES string of the molecule is Cc1cc2c(cc1C)N1c3cc(C#N)cc4c3C(C)(C1N2C)C(N(C)C(C)(C)C)N4. The van der Waals surface area contributed by atoms with Gasteiger partial charge in [-0.3, -0.25) is 4.90 Å². The summed E-state index contributed by atoms with van der Waals surface area (Å²) in [5, 5.41) is 13.5. The minimum atomic E-state index is -0.156. The van der Waals surface area contributed by atoms with Gasteiger partial charge in [-0.05, 0) is 84.0 Å². The fourth-order valence-corrected chi connectivity index (χ4v) is 5.78. The largest absolute Gasteiger partial charge is 0.368 e. The summed E-state index contributed by atoms with van der Waals surface area (Å²) < 4.78 is 0. The van der Waals surface area contributed by atoms with Gasteiger partial charge in [-0.2, -0.15) is 5.26 Å². The Morgan fingerprint density at radius 2 is 1.70 bits per heavy atom. The van der Waals surface area contributed by atoms with Crippen LogP contribution in [0.4, 0.5) is 22.7 Å². The van der Waals surface area contributed by atoms with Crippen LogP contribution in [0.25, 0.3) is 0 Å². The van der Waals surface area contributed by atoms with Gasteiger partial charge >= 0.3 is 0 Å². The van der Waals surface area contributed by atoms with Crippen molar-refractivity contribution in [3.63, 3.8) is 0 Å². The van der Waals surface area contributed by atoms with Gasteiger partial charge in [-0.15, -0.1) is 0 Å². The molecule has 0 saturated carbocycles. The molecule has 3 aliphatic heterocycles. The highest BCUT2D eigenvalue weighted by Crippen LogP contribution is 2.63. The topological polar surface area (TPSA) is 45.5 Å². The third-order valence-corrected chi connectivity index (χ3v) is 7.73. The molecule has 1 N–H and O–H groups in total. The molecule has 0 amide bonds. The highest BCUT2D eigenvalue weighted by molar-refractivity contribution is 5.94. The Kier molecular flexibility index (Phi) is 3.66. The molecule has 0 spiro atoms. The molecule has 0 aromatic heterocycles. The summed E-state index contributed by atoms with van der Waals surface area (Å²) in [6, 6.07) is 11.1. The monoisotopic (exact) mass is 401 g/mol. The number of anilines is 4. The molecule has 0 radical (unpaired) electrons. The lowest BCUT2D eigenvalue weighted by atomic mass is 9.79. The summed E-state index contributed by atoms with van der Waals surface area (Å²) >= 11 is 0. The standard InChI is InChI=1S/C25H31N5/c1-14-9-18-19(10-15(14)2)30-20-12-16(13-26)11-17-21(20)25(6,23(30)28(18)7)22(27-17)29(8)24(3,4)5/h9-12,22-23,27H,1-8H3. The van der Waals surface area contributed by atoms with Gasteiger partial charge in [0.05, 0.1) is 40.3 Å². The van der Waals surface area contributed by atoms with E-state index in [1.807, 2.05) is 6.07 Å². The molecule has 2 aromatic rings. The number of nitriles is 1. The van der Waals surface area contributed by atoms with E-state index in [1.54, 1.807) is 0 Å². The van der Waals surface area contributed by atoms with Crippen molar-refractivity contribution < 1.29 is 0 Å². The van der Waals surface area contributed by atoms with Crippen LogP contribution in [0.15, 0.2) is 24.3 Å². The smallest absolute Gasteiger partial charge is 0.119 e. The number of nitrogens with one attached hydrogen (secondary N) is 1. The van der Waals surface area contributed by atoms with Crippen molar-refractivity contribution in [1.82, 2.24) is 4.90 Å². The minimum Gasteiger partial charge on any atom is -0.368 e. The molecule has 2 aromatic carbocycles. The number of hydrogen-bond acceptors (Lipinski definition) is 5. The van der Waals surface area contributed by atoms with Crippen LogP contribution in [-0.4, -0.2) is 36.9 Å². The van der Waals surface area contributed by atoms with E-state index in [1.165, 1.54) is 33.8 Å². The van der Waals surface area contributed by atoms with Crippen LogP contribution in [0.2, 0.25) is 0 Å². The van der Waals surface area contributed by atoms with Crippen LogP contribution in [0.3, 0.4) is 0 Å². The average molecular weight is 402 g/mol. The van der Waals surface area contributed by atoms with Crippen molar-refractivity contribution in [3.05, 3.63) is 46.5 Å². The van der Waals surface area contributed by atoms with Gasteiger partial charge in [0.1, 0.15) is 6.17 Å². The van der Waals surface area contributed by atoms with Gasteiger partial charge in [-0.1, -0.05) is 0 Å². The summed E-state index contributed by atoms with van der Waals surface area (Å²) in [5.41, 5.74) is 9.28. The van der Waals surface area contributed by atoms with Gasteiger partial charge in [-0.25, -0.2) is 0 Å². The maximum absolute atomic E-state index is 9.72. The number of fused-ring (bicyclic) bond motifs is 5. The van der Waals surface area contributed by atoms with E-state index in [4.69, 9.17) is 0 Å². The first-order chi connectivity index (χ1) is 14.0. The molecule has 3 heterocycles. The third-order valence-electron chi connectivity index (χ3n) is 7.73. The molecule has 5 heteroatoms. The van der Waals surface area contributed by atoms with Crippen LogP contribution in [0.1, 0.15) is 49.9 Å². The lowest BCUT2D eigenvalue weighted by Gasteiger charge is -2.47. The Balaban J connectivity index is 1.79. The van der Waals surface area contributed by atoms with Gasteiger partial charge < -0.3 is 15.1 Å². The first-order valence-electron chi connectivity index (χ1n) is 10.7. The molecule has 0 fully saturated rings. The van der Waals surface area contributed by atoms with Crippen LogP contribution < -0.4 is 15.1 Å². The van der Waals surface area contributed by atoms with E-state index in [-0.39, 0.29) is 23.3 Å². The number of likely N-dealkylation sites (N-methyl/N-ethyl adjacent to an activating group) is 2. The zero-order valence-corrected chi connectivity index (χ0v) is 19.3. The van der Waals surface area contributed by atoms with Crippen molar-refractivity contribution in [3.8, 4) is 6.07 Å². The lowest BCUT2D eigenvalue weighted by Crippen LogP contribution is -2.62. The molecule has 30 heavy (non-hydrogen) atoms. The molecule has 3 unspecified atom stereocenters. The molecule has 3 aliphatic rings. The van der Waals surface area contributed by atoms with Crippen molar-refractivity contribution in [2.75, 3.05) is 29.2 Å². The second-order valence-electron chi connectivity index (χ2n) is 10.4. The van der Waals surface area contributed by atoms with Gasteiger partial charge in [0, 0.05) is 23.8 Å². The van der Waals surface area contributed by atoms with Crippen LogP contribution >= 0.6 is 0 Å². The van der Waals surface area contributed by atoms with Crippen molar-refractivity contribution in [1.29, 1.82) is 5.26 Å². The molecule has 156 valence electrons. The fourth-order valence-electron chi connectivity index (χ4n) is 5.78. The van der Waals surface area contributed by atoms with Crippen molar-refractivity contribution >= 4 is 22.7 Å². The Morgan fingerprint density at radius 3 is 2.30 bits per heavy atom. The molecule has 3 atom stereocenters. The fraction of sp³-hybridized carbons (Fsp3) is 0.480. The maximum Gasteiger partial charge on any atom is 0.119 e. The summed E-state index contributed by atoms with van der Waals surface area (Å²) in [6.45, 7) is 13.5. The average Bonchev–Trinajstić information content (AvgIpc) is 3.23. The second-order valence-corrected chi connectivity index (χ2v) is 10.4. The summed E-state index contributed by atoms with van der Waals surface area (Å²) in [7, 11) is 4.42. The molecule has 5 rings (SSSR count). The van der Waals surface area contributed by atoms with E-state index in [0.29, 0.717) is 5.56 Å². The van der Waals surface area contributed by atoms with Crippen LogP contribution in [-0.2, 0) is 5.41 Å². The number of nitrogens with zero attached hydrogens (tertiary/aromatic N) is 4. The minimum absolute atomic E-state index is 0.00552. The van der Waals surface area contributed by atoms with E-state index in [9.17, 15) is 5.26 Å². The Hall–Kier alpha value is -2.71. The summed E-state index contributed by atoms with van der Waals surface area (Å²) in [6.07, 6.45) is 0.273. The lowest BCUT2D eigenvalue weighted by molar-refractivity contribution is 0.0834. The Labute approximate surface area is 179 Å². The molecule has 0 aliphatic carbocycles. The van der Waals surface area contributed by atoms with Gasteiger partial charge in [0.15, 0.2) is 0 Å². The molecule has 0 saturated heterocycles. The molecular formula is C25H31N5. The number of rotatable bonds is 1. The zero-order chi connectivity index (χ0) is 21.7. The number of aryl methyl sites for hydroxylation is 2. The Bertz CT molecular complexity index is 1120. The van der Waals surface area contributed by atoms with E-state index in [2.05, 4.69) is 99.9 Å². The normalized spacial score (nSPS) is 25.9. The molecular weight excluding hydrogens is 370 g/mol. The highest BCUT2D eigenvalue weighted by Gasteiger charge is 2.63. The highest BCUT2D eigenvalue weighted by atomic mass is 15.5. The predicted molar refractivity (Wildman–Crippen MR) is 124 cm³/mol. The van der Waals surface area contributed by atoms with Crippen molar-refractivity contribution in [2.45, 2.75) is 64.8 Å². The van der Waals surface area contributed by atoms with Crippen LogP contribution in [0.5, 0.6) is 0 Å². The molecule has 5 nitrogen and oxygen atoms in total. The molecule has 0 bridgehead atoms. The van der Waals surface area contributed by atoms with Crippen LogP contribution in [0, 0.1) is 25.2 Å². The summed E-state index contributed by atoms with van der Waals surface area (Å²) in [5.74, 6) is 0. The quantitative estimate of drug-likeness (QED) is 0.741. The first kappa shape index (κ1) is 19.3. The first-order valence-corrected chi connectivity index (χ1v) is 10.7. The predicted octanol–water partition coefficient (Wildman–Crippen LogP) is 4.84. The Morgan fingerprint density at radius 1 is 1.07 bits per heavy atom. The summed E-state index contributed by atoms with van der Waals surface area (Å²) in [4.78, 5) is 7.36. The van der Waals surface area contributed by atoms with E-state index in [0.717, 1.165) is 5.69 Å². The van der Waals surface area contributed by atoms with Gasteiger partial charge in [0.2, 0.25) is 0 Å². The van der Waals surface area contributed by atoms with E-state index >= 15 is 0 Å². The second kappa shape index (κ2) is 5.70. The number of benzene rings is 2. The number of hydrogen-bond donors (Lipinski definition) is 1.